The van der Waals surface area contributed by atoms with E-state index in [2.05, 4.69) is 10.3 Å². The maximum Gasteiger partial charge on any atom is 0.151 e. The van der Waals surface area contributed by atoms with Crippen molar-refractivity contribution in [1.29, 1.82) is 0 Å². The van der Waals surface area contributed by atoms with E-state index in [-0.39, 0.29) is 5.25 Å². The third-order valence-electron chi connectivity index (χ3n) is 2.54. The van der Waals surface area contributed by atoms with E-state index in [9.17, 15) is 4.79 Å². The van der Waals surface area contributed by atoms with E-state index in [1.165, 1.54) is 12.8 Å². The molecular weight excluding hydrogens is 210 g/mol. The van der Waals surface area contributed by atoms with Crippen LogP contribution in [0, 0.1) is 0 Å². The summed E-state index contributed by atoms with van der Waals surface area (Å²) in [5.74, 6) is 1.43. The van der Waals surface area contributed by atoms with Gasteiger partial charge in [0.2, 0.25) is 0 Å². The van der Waals surface area contributed by atoms with Gasteiger partial charge in [0, 0.05) is 13.2 Å². The molecule has 15 heavy (non-hydrogen) atoms. The summed E-state index contributed by atoms with van der Waals surface area (Å²) in [4.78, 5) is 11.9. The van der Waals surface area contributed by atoms with Crippen molar-refractivity contribution in [3.63, 3.8) is 0 Å². The van der Waals surface area contributed by atoms with Crippen LogP contribution in [0.1, 0.15) is 25.0 Å². The molecule has 0 aromatic carbocycles. The Balaban J connectivity index is 1.91. The SMILES string of the molecule is Cn1cc(CC(=O)C2CCCCS2)nn1. The number of thioether (sulfide) groups is 1. The zero-order chi connectivity index (χ0) is 10.7. The fourth-order valence-corrected chi connectivity index (χ4v) is 3.02. The maximum absolute atomic E-state index is 11.9. The van der Waals surface area contributed by atoms with Gasteiger partial charge in [-0.15, -0.1) is 5.10 Å². The van der Waals surface area contributed by atoms with Gasteiger partial charge < -0.3 is 0 Å². The van der Waals surface area contributed by atoms with Gasteiger partial charge in [-0.3, -0.25) is 9.48 Å². The van der Waals surface area contributed by atoms with Crippen LogP contribution in [0.15, 0.2) is 6.20 Å². The van der Waals surface area contributed by atoms with Crippen molar-refractivity contribution >= 4 is 17.5 Å². The summed E-state index contributed by atoms with van der Waals surface area (Å²) in [7, 11) is 1.82. The van der Waals surface area contributed by atoms with E-state index in [1.54, 1.807) is 16.4 Å². The summed E-state index contributed by atoms with van der Waals surface area (Å²) >= 11 is 1.79. The summed E-state index contributed by atoms with van der Waals surface area (Å²) in [6.45, 7) is 0. The molecule has 2 rings (SSSR count). The van der Waals surface area contributed by atoms with Crippen LogP contribution < -0.4 is 0 Å². The first-order chi connectivity index (χ1) is 7.25. The van der Waals surface area contributed by atoms with Crippen LogP contribution in [0.4, 0.5) is 0 Å². The van der Waals surface area contributed by atoms with Crippen LogP contribution in [-0.2, 0) is 18.3 Å². The molecule has 0 aliphatic carbocycles. The third-order valence-corrected chi connectivity index (χ3v) is 3.97. The summed E-state index contributed by atoms with van der Waals surface area (Å²) in [5.41, 5.74) is 0.786. The van der Waals surface area contributed by atoms with E-state index >= 15 is 0 Å². The van der Waals surface area contributed by atoms with Crippen molar-refractivity contribution in [2.45, 2.75) is 30.9 Å². The molecule has 0 spiro atoms. The van der Waals surface area contributed by atoms with Gasteiger partial charge in [-0.1, -0.05) is 11.6 Å². The Kier molecular flexibility index (Phi) is 3.41. The lowest BCUT2D eigenvalue weighted by atomic mass is 10.1. The molecule has 2 heterocycles. The number of ketones is 1. The highest BCUT2D eigenvalue weighted by Crippen LogP contribution is 2.26. The quantitative estimate of drug-likeness (QED) is 0.776. The first-order valence-electron chi connectivity index (χ1n) is 5.25. The van der Waals surface area contributed by atoms with Crippen LogP contribution in [0.3, 0.4) is 0 Å². The van der Waals surface area contributed by atoms with Crippen molar-refractivity contribution in [3.8, 4) is 0 Å². The van der Waals surface area contributed by atoms with Gasteiger partial charge in [0.05, 0.1) is 17.4 Å². The number of rotatable bonds is 3. The van der Waals surface area contributed by atoms with E-state index in [4.69, 9.17) is 0 Å². The number of aryl methyl sites for hydroxylation is 1. The molecule has 5 heteroatoms. The van der Waals surface area contributed by atoms with E-state index in [0.717, 1.165) is 17.9 Å². The normalized spacial score (nSPS) is 21.5. The lowest BCUT2D eigenvalue weighted by molar-refractivity contribution is -0.118. The number of carbonyl (C=O) groups excluding carboxylic acids is 1. The fourth-order valence-electron chi connectivity index (χ4n) is 1.76. The zero-order valence-electron chi connectivity index (χ0n) is 8.85. The second-order valence-electron chi connectivity index (χ2n) is 3.88. The van der Waals surface area contributed by atoms with Gasteiger partial charge in [-0.2, -0.15) is 11.8 Å². The Labute approximate surface area is 93.4 Å². The molecule has 4 nitrogen and oxygen atoms in total. The fraction of sp³-hybridized carbons (Fsp3) is 0.700. The number of carbonyl (C=O) groups is 1. The van der Waals surface area contributed by atoms with Gasteiger partial charge in [0.25, 0.3) is 0 Å². The van der Waals surface area contributed by atoms with Crippen LogP contribution in [0.25, 0.3) is 0 Å². The molecule has 0 bridgehead atoms. The first-order valence-corrected chi connectivity index (χ1v) is 6.30. The molecule has 0 amide bonds. The van der Waals surface area contributed by atoms with Crippen LogP contribution >= 0.6 is 11.8 Å². The molecule has 1 fully saturated rings. The smallest absolute Gasteiger partial charge is 0.151 e. The minimum absolute atomic E-state index is 0.195. The van der Waals surface area contributed by atoms with Gasteiger partial charge >= 0.3 is 0 Å². The average molecular weight is 225 g/mol. The molecule has 1 aliphatic rings. The lowest BCUT2D eigenvalue weighted by Crippen LogP contribution is -2.22. The first kappa shape index (κ1) is 10.7. The standard InChI is InChI=1S/C10H15N3OS/c1-13-7-8(11-12-13)6-9(14)10-4-2-3-5-15-10/h7,10H,2-6H2,1H3. The van der Waals surface area contributed by atoms with E-state index in [0.29, 0.717) is 12.2 Å². The van der Waals surface area contributed by atoms with Crippen LogP contribution in [0.2, 0.25) is 0 Å². The van der Waals surface area contributed by atoms with Crippen molar-refractivity contribution in [1.82, 2.24) is 15.0 Å². The average Bonchev–Trinajstić information content (AvgIpc) is 2.65. The summed E-state index contributed by atoms with van der Waals surface area (Å²) in [6, 6.07) is 0. The Hall–Kier alpha value is -0.840. The van der Waals surface area contributed by atoms with E-state index < -0.39 is 0 Å². The Bertz CT molecular complexity index is 344. The topological polar surface area (TPSA) is 47.8 Å². The summed E-state index contributed by atoms with van der Waals surface area (Å²) in [6.07, 6.45) is 5.71. The van der Waals surface area contributed by atoms with Gasteiger partial charge in [0.15, 0.2) is 5.78 Å². The van der Waals surface area contributed by atoms with Gasteiger partial charge in [0.1, 0.15) is 0 Å². The molecule has 82 valence electrons. The highest BCUT2D eigenvalue weighted by Gasteiger charge is 2.22. The molecule has 1 saturated heterocycles. The highest BCUT2D eigenvalue weighted by atomic mass is 32.2. The van der Waals surface area contributed by atoms with Crippen molar-refractivity contribution < 1.29 is 4.79 Å². The van der Waals surface area contributed by atoms with Crippen molar-refractivity contribution in [2.24, 2.45) is 7.05 Å². The minimum atomic E-state index is 0.195. The predicted molar refractivity (Wildman–Crippen MR) is 59.8 cm³/mol. The highest BCUT2D eigenvalue weighted by molar-refractivity contribution is 8.00. The Morgan fingerprint density at radius 1 is 1.67 bits per heavy atom. The number of hydrogen-bond donors (Lipinski definition) is 0. The molecule has 0 N–H and O–H groups in total. The number of hydrogen-bond acceptors (Lipinski definition) is 4. The molecular formula is C10H15N3OS. The number of aromatic nitrogens is 3. The number of nitrogens with zero attached hydrogens (tertiary/aromatic N) is 3. The molecule has 0 saturated carbocycles. The monoisotopic (exact) mass is 225 g/mol. The van der Waals surface area contributed by atoms with Crippen molar-refractivity contribution in [2.75, 3.05) is 5.75 Å². The lowest BCUT2D eigenvalue weighted by Gasteiger charge is -2.19. The predicted octanol–water partition coefficient (Wildman–Crippen LogP) is 1.21. The largest absolute Gasteiger partial charge is 0.298 e. The third kappa shape index (κ3) is 2.81. The molecule has 0 radical (unpaired) electrons. The second kappa shape index (κ2) is 4.79. The maximum atomic E-state index is 11.9. The molecule has 1 aliphatic heterocycles. The molecule has 1 aromatic rings. The molecule has 1 aromatic heterocycles. The van der Waals surface area contributed by atoms with Crippen LogP contribution in [0.5, 0.6) is 0 Å². The Morgan fingerprint density at radius 3 is 3.13 bits per heavy atom. The van der Waals surface area contributed by atoms with Crippen molar-refractivity contribution in [3.05, 3.63) is 11.9 Å². The molecule has 1 atom stereocenters. The summed E-state index contributed by atoms with van der Waals surface area (Å²) in [5, 5.41) is 7.95. The minimum Gasteiger partial charge on any atom is -0.298 e. The molecule has 1 unspecified atom stereocenters. The van der Waals surface area contributed by atoms with Crippen LogP contribution in [-0.4, -0.2) is 31.8 Å². The second-order valence-corrected chi connectivity index (χ2v) is 5.19. The van der Waals surface area contributed by atoms with Gasteiger partial charge in [-0.05, 0) is 18.6 Å². The summed E-state index contributed by atoms with van der Waals surface area (Å²) < 4.78 is 1.64. The zero-order valence-corrected chi connectivity index (χ0v) is 9.66. The van der Waals surface area contributed by atoms with Gasteiger partial charge in [-0.25, -0.2) is 0 Å². The number of Topliss-reactive ketones (excluding diaryl/α,β-unsaturated/α-hetero) is 1. The Morgan fingerprint density at radius 2 is 2.53 bits per heavy atom. The van der Waals surface area contributed by atoms with E-state index in [1.807, 2.05) is 13.2 Å².